The summed E-state index contributed by atoms with van der Waals surface area (Å²) < 4.78 is 26.3. The van der Waals surface area contributed by atoms with E-state index in [2.05, 4.69) is 9.88 Å². The van der Waals surface area contributed by atoms with Crippen LogP contribution in [0.2, 0.25) is 5.02 Å². The number of pyridine rings is 1. The van der Waals surface area contributed by atoms with Gasteiger partial charge in [-0.15, -0.1) is 0 Å². The number of carbonyl (C=O) groups is 1. The van der Waals surface area contributed by atoms with Gasteiger partial charge in [0.15, 0.2) is 0 Å². The third kappa shape index (κ3) is 4.98. The summed E-state index contributed by atoms with van der Waals surface area (Å²) >= 11 is 5.95. The maximum atomic E-state index is 13.2. The van der Waals surface area contributed by atoms with E-state index in [0.29, 0.717) is 23.7 Å². The lowest BCUT2D eigenvalue weighted by Gasteiger charge is -2.36. The molecule has 0 bridgehead atoms. The second-order valence-corrected chi connectivity index (χ2v) is 10.9. The van der Waals surface area contributed by atoms with Crippen molar-refractivity contribution < 1.29 is 13.2 Å². The van der Waals surface area contributed by atoms with Gasteiger partial charge in [0.05, 0.1) is 9.79 Å². The number of aromatic nitrogens is 1. The Balaban J connectivity index is 1.26. The van der Waals surface area contributed by atoms with Crippen molar-refractivity contribution in [2.45, 2.75) is 9.79 Å². The van der Waals surface area contributed by atoms with E-state index in [9.17, 15) is 13.2 Å². The number of rotatable bonds is 5. The highest BCUT2D eigenvalue weighted by molar-refractivity contribution is 7.91. The van der Waals surface area contributed by atoms with Crippen LogP contribution in [0.1, 0.15) is 10.4 Å². The van der Waals surface area contributed by atoms with Gasteiger partial charge in [-0.05, 0) is 71.8 Å². The fraction of sp³-hybridized carbons (Fsp3) is 0.143. The molecule has 0 saturated carbocycles. The minimum absolute atomic E-state index is 0.0966. The normalized spacial score (nSPS) is 14.0. The Morgan fingerprint density at radius 1 is 0.694 bits per heavy atom. The first-order chi connectivity index (χ1) is 17.4. The number of hydrogen-bond acceptors (Lipinski definition) is 5. The summed E-state index contributed by atoms with van der Waals surface area (Å²) in [5.41, 5.74) is 3.42. The van der Waals surface area contributed by atoms with Gasteiger partial charge in [-0.2, -0.15) is 0 Å². The van der Waals surface area contributed by atoms with E-state index in [-0.39, 0.29) is 15.7 Å². The van der Waals surface area contributed by atoms with Crippen LogP contribution >= 0.6 is 11.6 Å². The van der Waals surface area contributed by atoms with Gasteiger partial charge in [0.1, 0.15) is 0 Å². The lowest BCUT2D eigenvalue weighted by molar-refractivity contribution is 0.0746. The molecule has 0 aliphatic carbocycles. The Morgan fingerprint density at radius 2 is 1.19 bits per heavy atom. The van der Waals surface area contributed by atoms with Crippen molar-refractivity contribution in [1.29, 1.82) is 0 Å². The molecule has 1 aromatic heterocycles. The van der Waals surface area contributed by atoms with Crippen LogP contribution < -0.4 is 4.90 Å². The summed E-state index contributed by atoms with van der Waals surface area (Å²) in [6.45, 7) is 2.66. The van der Waals surface area contributed by atoms with Crippen molar-refractivity contribution in [1.82, 2.24) is 9.88 Å². The van der Waals surface area contributed by atoms with Crippen molar-refractivity contribution >= 4 is 33.0 Å². The second kappa shape index (κ2) is 10.1. The highest BCUT2D eigenvalue weighted by atomic mass is 35.5. The molecule has 3 aromatic carbocycles. The number of anilines is 1. The minimum Gasteiger partial charge on any atom is -0.368 e. The van der Waals surface area contributed by atoms with E-state index < -0.39 is 9.84 Å². The maximum absolute atomic E-state index is 13.2. The van der Waals surface area contributed by atoms with Crippen molar-refractivity contribution in [3.63, 3.8) is 0 Å². The number of benzene rings is 3. The van der Waals surface area contributed by atoms with E-state index in [4.69, 9.17) is 11.6 Å². The van der Waals surface area contributed by atoms with Crippen molar-refractivity contribution in [2.24, 2.45) is 0 Å². The van der Waals surface area contributed by atoms with Crippen molar-refractivity contribution in [3.05, 3.63) is 108 Å². The Bertz CT molecular complexity index is 1450. The van der Waals surface area contributed by atoms with E-state index >= 15 is 0 Å². The lowest BCUT2D eigenvalue weighted by atomic mass is 10.1. The van der Waals surface area contributed by atoms with Gasteiger partial charge in [-0.25, -0.2) is 8.42 Å². The zero-order chi connectivity index (χ0) is 25.1. The fourth-order valence-corrected chi connectivity index (χ4v) is 5.67. The Morgan fingerprint density at radius 3 is 1.75 bits per heavy atom. The molecule has 4 aromatic rings. The number of piperazine rings is 1. The molecule has 36 heavy (non-hydrogen) atoms. The molecule has 0 unspecified atom stereocenters. The van der Waals surface area contributed by atoms with Gasteiger partial charge in [0.2, 0.25) is 9.84 Å². The quantitative estimate of drug-likeness (QED) is 0.364. The van der Waals surface area contributed by atoms with Gasteiger partial charge in [-0.3, -0.25) is 9.78 Å². The predicted octanol–water partition coefficient (Wildman–Crippen LogP) is 5.20. The number of nitrogens with zero attached hydrogens (tertiary/aromatic N) is 3. The highest BCUT2D eigenvalue weighted by Crippen LogP contribution is 2.26. The molecule has 6 nitrogen and oxygen atoms in total. The molecule has 1 fully saturated rings. The summed E-state index contributed by atoms with van der Waals surface area (Å²) in [7, 11) is -3.71. The summed E-state index contributed by atoms with van der Waals surface area (Å²) in [5.74, 6) is -0.0966. The average molecular weight is 518 g/mol. The van der Waals surface area contributed by atoms with E-state index in [1.807, 2.05) is 24.3 Å². The van der Waals surface area contributed by atoms with Crippen LogP contribution in [0.3, 0.4) is 0 Å². The Kier molecular flexibility index (Phi) is 6.76. The third-order valence-electron chi connectivity index (χ3n) is 6.35. The van der Waals surface area contributed by atoms with Crippen LogP contribution in [-0.4, -0.2) is 50.4 Å². The first kappa shape index (κ1) is 24.0. The van der Waals surface area contributed by atoms with Crippen molar-refractivity contribution in [3.8, 4) is 11.1 Å². The molecule has 0 radical (unpaired) electrons. The molecule has 2 heterocycles. The first-order valence-corrected chi connectivity index (χ1v) is 13.4. The SMILES string of the molecule is O=C(c1ccc(S(=O)(=O)c2ccc(-c3ccc(Cl)cc3)cc2)cc1)N1CCN(c2ccncc2)CC1. The van der Waals surface area contributed by atoms with Gasteiger partial charge in [-0.1, -0.05) is 35.9 Å². The molecule has 1 saturated heterocycles. The van der Waals surface area contributed by atoms with Gasteiger partial charge in [0, 0.05) is 54.8 Å². The number of sulfone groups is 1. The van der Waals surface area contributed by atoms with Crippen LogP contribution in [0.5, 0.6) is 0 Å². The van der Waals surface area contributed by atoms with Crippen LogP contribution in [0.25, 0.3) is 11.1 Å². The average Bonchev–Trinajstić information content (AvgIpc) is 2.94. The van der Waals surface area contributed by atoms with Gasteiger partial charge in [0.25, 0.3) is 5.91 Å². The molecular weight excluding hydrogens is 494 g/mol. The fourth-order valence-electron chi connectivity index (χ4n) is 4.29. The molecule has 5 rings (SSSR count). The second-order valence-electron chi connectivity index (χ2n) is 8.54. The predicted molar refractivity (Wildman–Crippen MR) is 141 cm³/mol. The first-order valence-electron chi connectivity index (χ1n) is 11.6. The lowest BCUT2D eigenvalue weighted by Crippen LogP contribution is -2.48. The summed E-state index contributed by atoms with van der Waals surface area (Å²) in [6, 6.07) is 24.2. The molecule has 0 N–H and O–H groups in total. The molecule has 1 amide bonds. The number of carbonyl (C=O) groups excluding carboxylic acids is 1. The number of halogens is 1. The third-order valence-corrected chi connectivity index (χ3v) is 8.39. The van der Waals surface area contributed by atoms with Crippen LogP contribution in [0.4, 0.5) is 5.69 Å². The molecule has 182 valence electrons. The summed E-state index contributed by atoms with van der Waals surface area (Å²) in [6.07, 6.45) is 3.52. The molecule has 0 spiro atoms. The van der Waals surface area contributed by atoms with Crippen molar-refractivity contribution in [2.75, 3.05) is 31.1 Å². The van der Waals surface area contributed by atoms with Crippen LogP contribution in [-0.2, 0) is 9.84 Å². The van der Waals surface area contributed by atoms with Crippen LogP contribution in [0.15, 0.2) is 107 Å². The summed E-state index contributed by atoms with van der Waals surface area (Å²) in [4.78, 5) is 21.4. The smallest absolute Gasteiger partial charge is 0.253 e. The zero-order valence-electron chi connectivity index (χ0n) is 19.4. The number of hydrogen-bond donors (Lipinski definition) is 0. The largest absolute Gasteiger partial charge is 0.368 e. The molecule has 0 atom stereocenters. The topological polar surface area (TPSA) is 70.6 Å². The zero-order valence-corrected chi connectivity index (χ0v) is 21.0. The number of amides is 1. The Hall–Kier alpha value is -3.68. The van der Waals surface area contributed by atoms with Crippen LogP contribution in [0, 0.1) is 0 Å². The monoisotopic (exact) mass is 517 g/mol. The standard InChI is InChI=1S/C28H24ClN3O3S/c29-24-7-1-21(2-8-24)22-3-9-26(10-4-22)36(34,35)27-11-5-23(6-12-27)28(33)32-19-17-31(18-20-32)25-13-15-30-16-14-25/h1-16H,17-20H2. The maximum Gasteiger partial charge on any atom is 0.253 e. The Labute approximate surface area is 215 Å². The summed E-state index contributed by atoms with van der Waals surface area (Å²) in [5, 5.41) is 0.645. The van der Waals surface area contributed by atoms with Gasteiger partial charge < -0.3 is 9.80 Å². The molecule has 8 heteroatoms. The minimum atomic E-state index is -3.71. The van der Waals surface area contributed by atoms with E-state index in [1.54, 1.807) is 65.8 Å². The van der Waals surface area contributed by atoms with Gasteiger partial charge >= 0.3 is 0 Å². The molecule has 1 aliphatic rings. The molecular formula is C28H24ClN3O3S. The highest BCUT2D eigenvalue weighted by Gasteiger charge is 2.23. The molecule has 1 aliphatic heterocycles. The van der Waals surface area contributed by atoms with E-state index in [1.165, 1.54) is 12.1 Å². The van der Waals surface area contributed by atoms with E-state index in [0.717, 1.165) is 29.9 Å².